The number of rotatable bonds is 3. The smallest absolute Gasteiger partial charge is 0.263 e. The first-order valence-corrected chi connectivity index (χ1v) is 9.04. The minimum absolute atomic E-state index is 0.0603. The molecule has 1 saturated heterocycles. The van der Waals surface area contributed by atoms with Crippen LogP contribution in [0.1, 0.15) is 33.5 Å². The van der Waals surface area contributed by atoms with Crippen molar-refractivity contribution in [3.05, 3.63) is 21.4 Å². The summed E-state index contributed by atoms with van der Waals surface area (Å²) in [6.07, 6.45) is 1.46. The van der Waals surface area contributed by atoms with E-state index in [4.69, 9.17) is 0 Å². The predicted molar refractivity (Wildman–Crippen MR) is 77.6 cm³/mol. The molecule has 1 aromatic rings. The first-order chi connectivity index (χ1) is 8.84. The number of carbonyl (C=O) groups is 1. The fourth-order valence-electron chi connectivity index (χ4n) is 2.40. The van der Waals surface area contributed by atoms with Crippen molar-refractivity contribution in [3.63, 3.8) is 0 Å². The first-order valence-electron chi connectivity index (χ1n) is 6.41. The molecule has 1 atom stereocenters. The molecule has 0 aromatic carbocycles. The molecule has 1 unspecified atom stereocenters. The molecule has 0 saturated carbocycles. The lowest BCUT2D eigenvalue weighted by Crippen LogP contribution is -2.37. The molecule has 106 valence electrons. The van der Waals surface area contributed by atoms with E-state index in [-0.39, 0.29) is 23.5 Å². The van der Waals surface area contributed by atoms with Gasteiger partial charge in [-0.1, -0.05) is 6.92 Å². The van der Waals surface area contributed by atoms with Gasteiger partial charge in [-0.3, -0.25) is 4.79 Å². The van der Waals surface area contributed by atoms with Gasteiger partial charge in [-0.2, -0.15) is 0 Å². The van der Waals surface area contributed by atoms with Crippen molar-refractivity contribution in [3.8, 4) is 0 Å². The highest BCUT2D eigenvalue weighted by molar-refractivity contribution is 7.91. The van der Waals surface area contributed by atoms with Gasteiger partial charge in [0.1, 0.15) is 0 Å². The summed E-state index contributed by atoms with van der Waals surface area (Å²) in [6, 6.07) is 1.76. The van der Waals surface area contributed by atoms with Gasteiger partial charge in [0.15, 0.2) is 9.84 Å². The third kappa shape index (κ3) is 3.00. The maximum Gasteiger partial charge on any atom is 0.263 e. The molecule has 19 heavy (non-hydrogen) atoms. The lowest BCUT2D eigenvalue weighted by molar-refractivity contribution is 0.0752. The first kappa shape index (κ1) is 14.5. The number of hydrogen-bond donors (Lipinski definition) is 0. The third-order valence-corrected chi connectivity index (χ3v) is 6.52. The molecule has 0 N–H and O–H groups in total. The van der Waals surface area contributed by atoms with Crippen LogP contribution in [-0.2, 0) is 16.3 Å². The van der Waals surface area contributed by atoms with Crippen LogP contribution in [0.4, 0.5) is 0 Å². The number of amides is 1. The van der Waals surface area contributed by atoms with E-state index in [0.717, 1.165) is 6.42 Å². The van der Waals surface area contributed by atoms with Gasteiger partial charge in [0, 0.05) is 18.0 Å². The number of thiophene rings is 1. The second-order valence-electron chi connectivity index (χ2n) is 5.02. The van der Waals surface area contributed by atoms with Crippen LogP contribution in [0, 0.1) is 6.92 Å². The van der Waals surface area contributed by atoms with E-state index in [0.29, 0.717) is 11.3 Å². The van der Waals surface area contributed by atoms with E-state index in [1.54, 1.807) is 11.9 Å². The molecule has 0 radical (unpaired) electrons. The Hall–Kier alpha value is -0.880. The van der Waals surface area contributed by atoms with Crippen LogP contribution in [-0.4, -0.2) is 43.8 Å². The molecule has 0 bridgehead atoms. The van der Waals surface area contributed by atoms with Crippen LogP contribution < -0.4 is 0 Å². The largest absolute Gasteiger partial charge is 0.337 e. The van der Waals surface area contributed by atoms with Crippen molar-refractivity contribution in [1.29, 1.82) is 0 Å². The molecule has 6 heteroatoms. The highest BCUT2D eigenvalue weighted by Crippen LogP contribution is 2.25. The van der Waals surface area contributed by atoms with Crippen LogP contribution in [0.15, 0.2) is 6.07 Å². The lowest BCUT2D eigenvalue weighted by Gasteiger charge is -2.22. The average molecular weight is 301 g/mol. The zero-order valence-corrected chi connectivity index (χ0v) is 13.1. The fourth-order valence-corrected chi connectivity index (χ4v) is 5.27. The summed E-state index contributed by atoms with van der Waals surface area (Å²) in [6.45, 7) is 4.08. The van der Waals surface area contributed by atoms with Gasteiger partial charge < -0.3 is 4.90 Å². The Morgan fingerprint density at radius 2 is 2.21 bits per heavy atom. The molecule has 2 heterocycles. The highest BCUT2D eigenvalue weighted by atomic mass is 32.2. The van der Waals surface area contributed by atoms with Crippen LogP contribution in [0.3, 0.4) is 0 Å². The molecule has 1 aliphatic rings. The van der Waals surface area contributed by atoms with Crippen molar-refractivity contribution in [2.45, 2.75) is 32.7 Å². The summed E-state index contributed by atoms with van der Waals surface area (Å²) in [5.74, 6) is 0.231. The van der Waals surface area contributed by atoms with Gasteiger partial charge in [-0.15, -0.1) is 11.3 Å². The van der Waals surface area contributed by atoms with Gasteiger partial charge in [-0.05, 0) is 31.4 Å². The Bertz CT molecular complexity index is 589. The molecule has 1 fully saturated rings. The number of aryl methyl sites for hydroxylation is 2. The molecule has 4 nitrogen and oxygen atoms in total. The van der Waals surface area contributed by atoms with E-state index in [2.05, 4.69) is 6.92 Å². The number of sulfone groups is 1. The van der Waals surface area contributed by atoms with Crippen LogP contribution in [0.5, 0.6) is 0 Å². The molecule has 1 amide bonds. The topological polar surface area (TPSA) is 54.5 Å². The van der Waals surface area contributed by atoms with E-state index in [1.165, 1.54) is 21.8 Å². The molecule has 1 aliphatic heterocycles. The second-order valence-corrected chi connectivity index (χ2v) is 8.50. The summed E-state index contributed by atoms with van der Waals surface area (Å²) in [4.78, 5) is 15.8. The molecule has 0 spiro atoms. The molecular formula is C13H19NO3S2. The summed E-state index contributed by atoms with van der Waals surface area (Å²) in [7, 11) is -1.25. The summed E-state index contributed by atoms with van der Waals surface area (Å²) in [5, 5.41) is 0. The van der Waals surface area contributed by atoms with Crippen molar-refractivity contribution in [2.75, 3.05) is 18.6 Å². The van der Waals surface area contributed by atoms with E-state index in [1.807, 2.05) is 13.0 Å². The second kappa shape index (κ2) is 5.25. The lowest BCUT2D eigenvalue weighted by atomic mass is 10.2. The quantitative estimate of drug-likeness (QED) is 0.856. The van der Waals surface area contributed by atoms with Crippen molar-refractivity contribution in [1.82, 2.24) is 4.90 Å². The van der Waals surface area contributed by atoms with Gasteiger partial charge in [0.2, 0.25) is 0 Å². The van der Waals surface area contributed by atoms with Gasteiger partial charge >= 0.3 is 0 Å². The van der Waals surface area contributed by atoms with Crippen LogP contribution >= 0.6 is 11.3 Å². The van der Waals surface area contributed by atoms with E-state index < -0.39 is 9.84 Å². The summed E-state index contributed by atoms with van der Waals surface area (Å²) < 4.78 is 22.9. The summed E-state index contributed by atoms with van der Waals surface area (Å²) >= 11 is 1.49. The van der Waals surface area contributed by atoms with E-state index in [9.17, 15) is 13.2 Å². The molecule has 2 rings (SSSR count). The monoisotopic (exact) mass is 301 g/mol. The minimum atomic E-state index is -2.95. The molecular weight excluding hydrogens is 282 g/mol. The Kier molecular flexibility index (Phi) is 4.01. The van der Waals surface area contributed by atoms with Gasteiger partial charge in [0.25, 0.3) is 5.91 Å². The normalized spacial score (nSPS) is 21.5. The molecule has 1 aromatic heterocycles. The SMILES string of the molecule is CCc1cc(C(=O)N(C)C2CCS(=O)(=O)C2)sc1C. The minimum Gasteiger partial charge on any atom is -0.337 e. The Morgan fingerprint density at radius 1 is 1.53 bits per heavy atom. The third-order valence-electron chi connectivity index (χ3n) is 3.69. The Labute approximate surface area is 118 Å². The maximum atomic E-state index is 12.4. The average Bonchev–Trinajstić information content (AvgIpc) is 2.90. The van der Waals surface area contributed by atoms with Gasteiger partial charge in [0.05, 0.1) is 16.4 Å². The standard InChI is InChI=1S/C13H19NO3S2/c1-4-10-7-12(18-9(10)2)13(15)14(3)11-5-6-19(16,17)8-11/h7,11H,4-6,8H2,1-3H3. The Morgan fingerprint density at radius 3 is 2.68 bits per heavy atom. The number of hydrogen-bond acceptors (Lipinski definition) is 4. The van der Waals surface area contributed by atoms with Crippen molar-refractivity contribution in [2.24, 2.45) is 0 Å². The predicted octanol–water partition coefficient (Wildman–Crippen LogP) is 1.88. The van der Waals surface area contributed by atoms with Gasteiger partial charge in [-0.25, -0.2) is 8.42 Å². The fraction of sp³-hybridized carbons (Fsp3) is 0.615. The van der Waals surface area contributed by atoms with Crippen LogP contribution in [0.2, 0.25) is 0 Å². The van der Waals surface area contributed by atoms with Crippen molar-refractivity contribution >= 4 is 27.1 Å². The highest BCUT2D eigenvalue weighted by Gasteiger charge is 2.33. The van der Waals surface area contributed by atoms with Crippen molar-refractivity contribution < 1.29 is 13.2 Å². The zero-order valence-electron chi connectivity index (χ0n) is 11.5. The number of carbonyl (C=O) groups excluding carboxylic acids is 1. The van der Waals surface area contributed by atoms with Crippen LogP contribution in [0.25, 0.3) is 0 Å². The zero-order chi connectivity index (χ0) is 14.2. The van der Waals surface area contributed by atoms with E-state index >= 15 is 0 Å². The Balaban J connectivity index is 2.15. The summed E-state index contributed by atoms with van der Waals surface area (Å²) in [5.41, 5.74) is 1.20. The maximum absolute atomic E-state index is 12.4. The number of nitrogens with zero attached hydrogens (tertiary/aromatic N) is 1. The molecule has 0 aliphatic carbocycles.